The third-order valence-corrected chi connectivity index (χ3v) is 4.38. The SMILES string of the molecule is CSCC(C)Nc1cc(N)cc(S(N)(=O)=O)c1C. The number of nitrogen functional groups attached to an aromatic ring is 1. The van der Waals surface area contributed by atoms with Gasteiger partial charge < -0.3 is 11.1 Å². The van der Waals surface area contributed by atoms with Crippen molar-refractivity contribution in [3.63, 3.8) is 0 Å². The van der Waals surface area contributed by atoms with Crippen LogP contribution in [0.3, 0.4) is 0 Å². The summed E-state index contributed by atoms with van der Waals surface area (Å²) in [5.41, 5.74) is 7.39. The highest BCUT2D eigenvalue weighted by atomic mass is 32.2. The van der Waals surface area contributed by atoms with Crippen molar-refractivity contribution >= 4 is 33.2 Å². The molecular formula is C11H19N3O2S2. The van der Waals surface area contributed by atoms with Gasteiger partial charge in [-0.1, -0.05) is 0 Å². The fourth-order valence-corrected chi connectivity index (χ4v) is 3.13. The maximum Gasteiger partial charge on any atom is 0.238 e. The van der Waals surface area contributed by atoms with Gasteiger partial charge in [-0.15, -0.1) is 0 Å². The molecule has 1 aromatic carbocycles. The Hall–Kier alpha value is -0.920. The first-order chi connectivity index (χ1) is 8.25. The number of primary sulfonamides is 1. The van der Waals surface area contributed by atoms with Gasteiger partial charge in [0.1, 0.15) is 0 Å². The minimum atomic E-state index is -3.75. The number of hydrogen-bond donors (Lipinski definition) is 3. The first-order valence-corrected chi connectivity index (χ1v) is 8.38. The highest BCUT2D eigenvalue weighted by Gasteiger charge is 2.16. The summed E-state index contributed by atoms with van der Waals surface area (Å²) in [5.74, 6) is 0.916. The molecule has 0 bridgehead atoms. The predicted octanol–water partition coefficient (Wildman–Crippen LogP) is 1.39. The number of rotatable bonds is 5. The fourth-order valence-electron chi connectivity index (χ4n) is 1.71. The van der Waals surface area contributed by atoms with E-state index in [2.05, 4.69) is 5.32 Å². The van der Waals surface area contributed by atoms with Crippen molar-refractivity contribution < 1.29 is 8.42 Å². The number of anilines is 2. The summed E-state index contributed by atoms with van der Waals surface area (Å²) in [7, 11) is -3.75. The second kappa shape index (κ2) is 5.81. The lowest BCUT2D eigenvalue weighted by atomic mass is 10.1. The van der Waals surface area contributed by atoms with E-state index in [0.29, 0.717) is 16.9 Å². The van der Waals surface area contributed by atoms with E-state index >= 15 is 0 Å². The number of nitrogens with two attached hydrogens (primary N) is 2. The van der Waals surface area contributed by atoms with Crippen molar-refractivity contribution in [3.8, 4) is 0 Å². The van der Waals surface area contributed by atoms with Crippen LogP contribution < -0.4 is 16.2 Å². The van der Waals surface area contributed by atoms with Crippen molar-refractivity contribution in [2.24, 2.45) is 5.14 Å². The van der Waals surface area contributed by atoms with E-state index < -0.39 is 10.0 Å². The summed E-state index contributed by atoms with van der Waals surface area (Å²) in [6, 6.07) is 3.32. The third kappa shape index (κ3) is 3.79. The summed E-state index contributed by atoms with van der Waals surface area (Å²) < 4.78 is 22.9. The number of sulfonamides is 1. The maximum absolute atomic E-state index is 11.5. The second-order valence-electron chi connectivity index (χ2n) is 4.24. The first-order valence-electron chi connectivity index (χ1n) is 5.44. The molecule has 0 fully saturated rings. The molecule has 0 radical (unpaired) electrons. The molecule has 0 aliphatic carbocycles. The van der Waals surface area contributed by atoms with Gasteiger partial charge in [-0.05, 0) is 37.8 Å². The molecule has 1 unspecified atom stereocenters. The molecule has 0 heterocycles. The van der Waals surface area contributed by atoms with Crippen LogP contribution in [0.4, 0.5) is 11.4 Å². The van der Waals surface area contributed by atoms with E-state index in [0.717, 1.165) is 5.75 Å². The van der Waals surface area contributed by atoms with Gasteiger partial charge in [0.05, 0.1) is 4.90 Å². The highest BCUT2D eigenvalue weighted by Crippen LogP contribution is 2.26. The molecule has 0 aliphatic rings. The fraction of sp³-hybridized carbons (Fsp3) is 0.455. The van der Waals surface area contributed by atoms with Crippen LogP contribution in [0.15, 0.2) is 17.0 Å². The van der Waals surface area contributed by atoms with Crippen LogP contribution in [-0.2, 0) is 10.0 Å². The quantitative estimate of drug-likeness (QED) is 0.711. The molecule has 0 saturated heterocycles. The monoisotopic (exact) mass is 289 g/mol. The number of benzene rings is 1. The van der Waals surface area contributed by atoms with Gasteiger partial charge in [0.15, 0.2) is 0 Å². The van der Waals surface area contributed by atoms with Gasteiger partial charge in [-0.2, -0.15) is 11.8 Å². The molecule has 7 heteroatoms. The molecular weight excluding hydrogens is 270 g/mol. The molecule has 5 nitrogen and oxygen atoms in total. The van der Waals surface area contributed by atoms with Crippen LogP contribution in [-0.4, -0.2) is 26.5 Å². The summed E-state index contributed by atoms with van der Waals surface area (Å²) >= 11 is 1.71. The molecule has 1 atom stereocenters. The Balaban J connectivity index is 3.18. The van der Waals surface area contributed by atoms with Gasteiger partial charge in [-0.3, -0.25) is 0 Å². The maximum atomic E-state index is 11.5. The zero-order valence-electron chi connectivity index (χ0n) is 10.7. The van der Waals surface area contributed by atoms with Crippen LogP contribution in [0, 0.1) is 6.92 Å². The van der Waals surface area contributed by atoms with Crippen molar-refractivity contribution in [2.45, 2.75) is 24.8 Å². The van der Waals surface area contributed by atoms with E-state index in [1.54, 1.807) is 24.8 Å². The largest absolute Gasteiger partial charge is 0.399 e. The van der Waals surface area contributed by atoms with Crippen LogP contribution >= 0.6 is 11.8 Å². The highest BCUT2D eigenvalue weighted by molar-refractivity contribution is 7.98. The standard InChI is InChI=1S/C11H19N3O2S2/c1-7(6-17-3)14-10-4-9(12)5-11(8(10)2)18(13,15)16/h4-5,7,14H,6,12H2,1-3H3,(H2,13,15,16). The van der Waals surface area contributed by atoms with Crippen LogP contribution in [0.5, 0.6) is 0 Å². The summed E-state index contributed by atoms with van der Waals surface area (Å²) in [6.07, 6.45) is 2.01. The molecule has 1 rings (SSSR count). The minimum Gasteiger partial charge on any atom is -0.399 e. The van der Waals surface area contributed by atoms with E-state index in [-0.39, 0.29) is 10.9 Å². The van der Waals surface area contributed by atoms with E-state index in [1.165, 1.54) is 6.07 Å². The summed E-state index contributed by atoms with van der Waals surface area (Å²) in [6.45, 7) is 3.74. The van der Waals surface area contributed by atoms with E-state index in [1.807, 2.05) is 13.2 Å². The van der Waals surface area contributed by atoms with Gasteiger partial charge in [0, 0.05) is 23.2 Å². The van der Waals surface area contributed by atoms with E-state index in [9.17, 15) is 8.42 Å². The molecule has 0 amide bonds. The Morgan fingerprint density at radius 2 is 2.06 bits per heavy atom. The van der Waals surface area contributed by atoms with Crippen molar-refractivity contribution in [2.75, 3.05) is 23.1 Å². The first kappa shape index (κ1) is 15.1. The van der Waals surface area contributed by atoms with Crippen LogP contribution in [0.2, 0.25) is 0 Å². The van der Waals surface area contributed by atoms with Gasteiger partial charge in [-0.25, -0.2) is 13.6 Å². The minimum absolute atomic E-state index is 0.0707. The Morgan fingerprint density at radius 3 is 2.56 bits per heavy atom. The smallest absolute Gasteiger partial charge is 0.238 e. The Labute approximate surface area is 112 Å². The van der Waals surface area contributed by atoms with Crippen molar-refractivity contribution in [1.29, 1.82) is 0 Å². The molecule has 0 aliphatic heterocycles. The van der Waals surface area contributed by atoms with Crippen LogP contribution in [0.1, 0.15) is 12.5 Å². The lowest BCUT2D eigenvalue weighted by molar-refractivity contribution is 0.597. The average molecular weight is 289 g/mol. The van der Waals surface area contributed by atoms with Crippen molar-refractivity contribution in [3.05, 3.63) is 17.7 Å². The topological polar surface area (TPSA) is 98.2 Å². The molecule has 0 saturated carbocycles. The number of thioether (sulfide) groups is 1. The van der Waals surface area contributed by atoms with Crippen LogP contribution in [0.25, 0.3) is 0 Å². The second-order valence-corrected chi connectivity index (χ2v) is 6.68. The molecule has 0 spiro atoms. The third-order valence-electron chi connectivity index (χ3n) is 2.51. The van der Waals surface area contributed by atoms with Gasteiger partial charge >= 0.3 is 0 Å². The molecule has 5 N–H and O–H groups in total. The Morgan fingerprint density at radius 1 is 1.44 bits per heavy atom. The van der Waals surface area contributed by atoms with Gasteiger partial charge in [0.25, 0.3) is 0 Å². The lowest BCUT2D eigenvalue weighted by Gasteiger charge is -2.18. The zero-order chi connectivity index (χ0) is 13.9. The normalized spacial score (nSPS) is 13.3. The molecule has 102 valence electrons. The molecule has 1 aromatic rings. The molecule has 18 heavy (non-hydrogen) atoms. The molecule has 0 aromatic heterocycles. The lowest BCUT2D eigenvalue weighted by Crippen LogP contribution is -2.20. The predicted molar refractivity (Wildman–Crippen MR) is 78.4 cm³/mol. The average Bonchev–Trinajstić information content (AvgIpc) is 2.21. The van der Waals surface area contributed by atoms with Crippen molar-refractivity contribution in [1.82, 2.24) is 0 Å². The summed E-state index contributed by atoms with van der Waals surface area (Å²) in [4.78, 5) is 0.0707. The Bertz CT molecular complexity index is 529. The number of hydrogen-bond acceptors (Lipinski definition) is 5. The Kier molecular flexibility index (Phi) is 4.89. The number of nitrogens with one attached hydrogen (secondary N) is 1. The van der Waals surface area contributed by atoms with Gasteiger partial charge in [0.2, 0.25) is 10.0 Å². The zero-order valence-corrected chi connectivity index (χ0v) is 12.4. The van der Waals surface area contributed by atoms with E-state index in [4.69, 9.17) is 10.9 Å². The summed E-state index contributed by atoms with van der Waals surface area (Å²) in [5, 5.41) is 8.41.